The minimum absolute atomic E-state index is 0.673. The van der Waals surface area contributed by atoms with Crippen molar-refractivity contribution >= 4 is 5.69 Å². The lowest BCUT2D eigenvalue weighted by molar-refractivity contribution is 0.0705. The Hall–Kier alpha value is -1.06. The van der Waals surface area contributed by atoms with Crippen molar-refractivity contribution in [2.75, 3.05) is 38.8 Å². The minimum atomic E-state index is 0.673. The second kappa shape index (κ2) is 9.02. The van der Waals surface area contributed by atoms with Crippen LogP contribution >= 0.6 is 0 Å². The van der Waals surface area contributed by atoms with E-state index in [1.165, 1.54) is 11.3 Å². The molecule has 0 fully saturated rings. The van der Waals surface area contributed by atoms with Gasteiger partial charge in [0.2, 0.25) is 0 Å². The quantitative estimate of drug-likeness (QED) is 0.670. The standard InChI is InChI=1S/C14H23NO2/c1-3-13-7-4-5-8-14(13)15-9-6-10-17-12-11-16-2/h4-5,7-8,15H,3,6,9-12H2,1-2H3. The van der Waals surface area contributed by atoms with Crippen molar-refractivity contribution < 1.29 is 9.47 Å². The molecule has 3 heteroatoms. The lowest BCUT2D eigenvalue weighted by Crippen LogP contribution is -2.09. The molecule has 0 aromatic heterocycles. The van der Waals surface area contributed by atoms with Gasteiger partial charge in [0, 0.05) is 25.9 Å². The maximum atomic E-state index is 5.40. The van der Waals surface area contributed by atoms with Gasteiger partial charge in [-0.1, -0.05) is 25.1 Å². The van der Waals surface area contributed by atoms with E-state index >= 15 is 0 Å². The van der Waals surface area contributed by atoms with E-state index in [-0.39, 0.29) is 0 Å². The van der Waals surface area contributed by atoms with Crippen LogP contribution in [0.3, 0.4) is 0 Å². The molecule has 0 saturated carbocycles. The summed E-state index contributed by atoms with van der Waals surface area (Å²) in [5.74, 6) is 0. The van der Waals surface area contributed by atoms with Gasteiger partial charge < -0.3 is 14.8 Å². The molecule has 0 bridgehead atoms. The van der Waals surface area contributed by atoms with Gasteiger partial charge in [-0.2, -0.15) is 0 Å². The number of aryl methyl sites for hydroxylation is 1. The second-order valence-corrected chi connectivity index (χ2v) is 3.90. The molecule has 0 spiro atoms. The van der Waals surface area contributed by atoms with Crippen LogP contribution < -0.4 is 5.32 Å². The average Bonchev–Trinajstić information content (AvgIpc) is 2.38. The molecule has 1 aromatic carbocycles. The Bertz CT molecular complexity index is 302. The number of hydrogen-bond acceptors (Lipinski definition) is 3. The van der Waals surface area contributed by atoms with Crippen molar-refractivity contribution in [1.82, 2.24) is 0 Å². The van der Waals surface area contributed by atoms with E-state index in [1.54, 1.807) is 7.11 Å². The Morgan fingerprint density at radius 2 is 1.94 bits per heavy atom. The van der Waals surface area contributed by atoms with Crippen LogP contribution in [0.25, 0.3) is 0 Å². The summed E-state index contributed by atoms with van der Waals surface area (Å²) in [7, 11) is 1.69. The predicted octanol–water partition coefficient (Wildman–Crippen LogP) is 2.71. The smallest absolute Gasteiger partial charge is 0.0700 e. The fourth-order valence-corrected chi connectivity index (χ4v) is 1.64. The van der Waals surface area contributed by atoms with Crippen LogP contribution in [0.1, 0.15) is 18.9 Å². The molecular formula is C14H23NO2. The molecule has 0 aliphatic heterocycles. The van der Waals surface area contributed by atoms with Gasteiger partial charge in [0.05, 0.1) is 13.2 Å². The first kappa shape index (κ1) is 14.0. The van der Waals surface area contributed by atoms with E-state index < -0.39 is 0 Å². The third-order valence-corrected chi connectivity index (χ3v) is 2.61. The Morgan fingerprint density at radius 1 is 1.12 bits per heavy atom. The highest BCUT2D eigenvalue weighted by Crippen LogP contribution is 2.14. The molecule has 3 nitrogen and oxygen atoms in total. The van der Waals surface area contributed by atoms with E-state index in [2.05, 4.69) is 36.5 Å². The van der Waals surface area contributed by atoms with E-state index in [9.17, 15) is 0 Å². The number of nitrogens with one attached hydrogen (secondary N) is 1. The maximum absolute atomic E-state index is 5.40. The number of benzene rings is 1. The van der Waals surface area contributed by atoms with Gasteiger partial charge in [-0.3, -0.25) is 0 Å². The van der Waals surface area contributed by atoms with Crippen LogP contribution in [-0.2, 0) is 15.9 Å². The Labute approximate surface area is 104 Å². The van der Waals surface area contributed by atoms with E-state index in [0.717, 1.165) is 26.0 Å². The molecule has 0 atom stereocenters. The number of rotatable bonds is 9. The maximum Gasteiger partial charge on any atom is 0.0700 e. The van der Waals surface area contributed by atoms with Crippen LogP contribution in [0.4, 0.5) is 5.69 Å². The summed E-state index contributed by atoms with van der Waals surface area (Å²) in [4.78, 5) is 0. The summed E-state index contributed by atoms with van der Waals surface area (Å²) in [5.41, 5.74) is 2.61. The lowest BCUT2D eigenvalue weighted by atomic mass is 10.1. The first-order valence-corrected chi connectivity index (χ1v) is 6.27. The number of para-hydroxylation sites is 1. The third-order valence-electron chi connectivity index (χ3n) is 2.61. The van der Waals surface area contributed by atoms with Crippen molar-refractivity contribution in [2.24, 2.45) is 0 Å². The first-order valence-electron chi connectivity index (χ1n) is 6.27. The summed E-state index contributed by atoms with van der Waals surface area (Å²) < 4.78 is 10.3. The summed E-state index contributed by atoms with van der Waals surface area (Å²) in [6, 6.07) is 8.44. The molecule has 0 unspecified atom stereocenters. The molecule has 0 amide bonds. The number of anilines is 1. The van der Waals surface area contributed by atoms with Crippen LogP contribution in [0.5, 0.6) is 0 Å². The Balaban J connectivity index is 2.13. The summed E-state index contributed by atoms with van der Waals surface area (Å²) >= 11 is 0. The molecule has 17 heavy (non-hydrogen) atoms. The van der Waals surface area contributed by atoms with Crippen LogP contribution in [0.2, 0.25) is 0 Å². The van der Waals surface area contributed by atoms with E-state index in [0.29, 0.717) is 13.2 Å². The Morgan fingerprint density at radius 3 is 2.71 bits per heavy atom. The van der Waals surface area contributed by atoms with Crippen molar-refractivity contribution in [3.63, 3.8) is 0 Å². The van der Waals surface area contributed by atoms with Gasteiger partial charge in [-0.05, 0) is 24.5 Å². The molecular weight excluding hydrogens is 214 g/mol. The van der Waals surface area contributed by atoms with Crippen molar-refractivity contribution in [3.05, 3.63) is 29.8 Å². The topological polar surface area (TPSA) is 30.5 Å². The minimum Gasteiger partial charge on any atom is -0.385 e. The van der Waals surface area contributed by atoms with Gasteiger partial charge in [0.1, 0.15) is 0 Å². The highest BCUT2D eigenvalue weighted by atomic mass is 16.5. The van der Waals surface area contributed by atoms with Crippen LogP contribution in [0, 0.1) is 0 Å². The zero-order chi connectivity index (χ0) is 12.3. The highest BCUT2D eigenvalue weighted by molar-refractivity contribution is 5.50. The molecule has 96 valence electrons. The summed E-state index contributed by atoms with van der Waals surface area (Å²) in [5, 5.41) is 3.44. The normalized spacial score (nSPS) is 10.5. The van der Waals surface area contributed by atoms with Crippen molar-refractivity contribution in [3.8, 4) is 0 Å². The van der Waals surface area contributed by atoms with Gasteiger partial charge in [-0.15, -0.1) is 0 Å². The molecule has 0 saturated heterocycles. The first-order chi connectivity index (χ1) is 8.38. The second-order valence-electron chi connectivity index (χ2n) is 3.90. The van der Waals surface area contributed by atoms with Crippen molar-refractivity contribution in [2.45, 2.75) is 19.8 Å². The summed E-state index contributed by atoms with van der Waals surface area (Å²) in [6.07, 6.45) is 2.08. The van der Waals surface area contributed by atoms with Crippen molar-refractivity contribution in [1.29, 1.82) is 0 Å². The van der Waals surface area contributed by atoms with E-state index in [1.807, 2.05) is 0 Å². The van der Waals surface area contributed by atoms with Gasteiger partial charge >= 0.3 is 0 Å². The number of ether oxygens (including phenoxy) is 2. The molecule has 0 heterocycles. The molecule has 0 aliphatic carbocycles. The largest absolute Gasteiger partial charge is 0.385 e. The Kier molecular flexibility index (Phi) is 7.43. The number of methoxy groups -OCH3 is 1. The highest BCUT2D eigenvalue weighted by Gasteiger charge is 1.97. The fourth-order valence-electron chi connectivity index (χ4n) is 1.64. The van der Waals surface area contributed by atoms with Gasteiger partial charge in [0.25, 0.3) is 0 Å². The lowest BCUT2D eigenvalue weighted by Gasteiger charge is -2.10. The molecule has 0 radical (unpaired) electrons. The molecule has 1 N–H and O–H groups in total. The molecule has 0 aliphatic rings. The molecule has 1 aromatic rings. The zero-order valence-electron chi connectivity index (χ0n) is 10.9. The van der Waals surface area contributed by atoms with Gasteiger partial charge in [0.15, 0.2) is 0 Å². The van der Waals surface area contributed by atoms with Gasteiger partial charge in [-0.25, -0.2) is 0 Å². The summed E-state index contributed by atoms with van der Waals surface area (Å²) in [6.45, 7) is 5.26. The SMILES string of the molecule is CCc1ccccc1NCCCOCCOC. The third kappa shape index (κ3) is 5.71. The predicted molar refractivity (Wildman–Crippen MR) is 71.6 cm³/mol. The number of hydrogen-bond donors (Lipinski definition) is 1. The zero-order valence-corrected chi connectivity index (χ0v) is 10.9. The van der Waals surface area contributed by atoms with E-state index in [4.69, 9.17) is 9.47 Å². The average molecular weight is 237 g/mol. The monoisotopic (exact) mass is 237 g/mol. The van der Waals surface area contributed by atoms with Crippen LogP contribution in [-0.4, -0.2) is 33.5 Å². The van der Waals surface area contributed by atoms with Crippen LogP contribution in [0.15, 0.2) is 24.3 Å². The molecule has 1 rings (SSSR count). The fraction of sp³-hybridized carbons (Fsp3) is 0.571.